The van der Waals surface area contributed by atoms with E-state index in [1.807, 2.05) is 27.9 Å². The molecule has 6 rings (SSSR count). The monoisotopic (exact) mass is 471 g/mol. The van der Waals surface area contributed by atoms with Crippen LogP contribution in [0, 0.1) is 12.3 Å². The van der Waals surface area contributed by atoms with Gasteiger partial charge in [0.05, 0.1) is 31.6 Å². The summed E-state index contributed by atoms with van der Waals surface area (Å²) < 4.78 is 7.13. The highest BCUT2D eigenvalue weighted by Gasteiger charge is 2.48. The molecule has 1 aromatic carbocycles. The van der Waals surface area contributed by atoms with E-state index in [-0.39, 0.29) is 5.91 Å². The predicted octanol–water partition coefficient (Wildman–Crippen LogP) is 3.74. The summed E-state index contributed by atoms with van der Waals surface area (Å²) in [6.45, 7) is 6.09. The molecule has 7 heteroatoms. The summed E-state index contributed by atoms with van der Waals surface area (Å²) in [6, 6.07) is 11.1. The molecular formula is C28H33N5O2. The van der Waals surface area contributed by atoms with Gasteiger partial charge in [-0.3, -0.25) is 14.7 Å². The molecule has 2 aromatic heterocycles. The molecule has 0 saturated carbocycles. The number of methoxy groups -OCH3 is 1. The van der Waals surface area contributed by atoms with Crippen LogP contribution >= 0.6 is 0 Å². The summed E-state index contributed by atoms with van der Waals surface area (Å²) >= 11 is 0. The molecule has 35 heavy (non-hydrogen) atoms. The van der Waals surface area contributed by atoms with Crippen LogP contribution in [-0.4, -0.2) is 63.8 Å². The molecule has 182 valence electrons. The number of amides is 1. The van der Waals surface area contributed by atoms with Crippen LogP contribution in [0.4, 0.5) is 0 Å². The molecule has 2 saturated heterocycles. The van der Waals surface area contributed by atoms with Gasteiger partial charge in [0.15, 0.2) is 0 Å². The minimum absolute atomic E-state index is 0.182. The number of aromatic nitrogens is 3. The van der Waals surface area contributed by atoms with E-state index in [9.17, 15) is 4.79 Å². The van der Waals surface area contributed by atoms with Crippen molar-refractivity contribution in [2.24, 2.45) is 5.41 Å². The molecule has 2 fully saturated rings. The number of hydrogen-bond acceptors (Lipinski definition) is 5. The lowest BCUT2D eigenvalue weighted by Gasteiger charge is -2.56. The van der Waals surface area contributed by atoms with Crippen LogP contribution in [0.3, 0.4) is 0 Å². The maximum Gasteiger partial charge on any atom is 0.228 e. The Labute approximate surface area is 206 Å². The van der Waals surface area contributed by atoms with Crippen LogP contribution < -0.4 is 4.74 Å². The second-order valence-electron chi connectivity index (χ2n) is 10.6. The van der Waals surface area contributed by atoms with E-state index in [1.165, 1.54) is 23.1 Å². The van der Waals surface area contributed by atoms with Gasteiger partial charge in [0, 0.05) is 44.1 Å². The lowest BCUT2D eigenvalue weighted by atomic mass is 9.71. The first-order valence-corrected chi connectivity index (χ1v) is 12.7. The zero-order chi connectivity index (χ0) is 24.0. The maximum atomic E-state index is 12.8. The Morgan fingerprint density at radius 2 is 1.97 bits per heavy atom. The van der Waals surface area contributed by atoms with Crippen LogP contribution in [0.15, 0.2) is 48.9 Å². The summed E-state index contributed by atoms with van der Waals surface area (Å²) in [5, 5.41) is 4.47. The minimum atomic E-state index is 0.182. The van der Waals surface area contributed by atoms with Gasteiger partial charge in [-0.25, -0.2) is 4.68 Å². The van der Waals surface area contributed by atoms with Crippen LogP contribution in [0.25, 0.3) is 5.69 Å². The van der Waals surface area contributed by atoms with Crippen molar-refractivity contribution in [3.05, 3.63) is 71.3 Å². The van der Waals surface area contributed by atoms with Gasteiger partial charge in [-0.1, -0.05) is 6.07 Å². The summed E-state index contributed by atoms with van der Waals surface area (Å²) in [6.07, 6.45) is 10.6. The highest BCUT2D eigenvalue weighted by Crippen LogP contribution is 2.47. The van der Waals surface area contributed by atoms with Crippen molar-refractivity contribution in [2.75, 3.05) is 33.3 Å². The van der Waals surface area contributed by atoms with E-state index in [4.69, 9.17) is 4.74 Å². The van der Waals surface area contributed by atoms with E-state index in [0.717, 1.165) is 56.8 Å². The van der Waals surface area contributed by atoms with Crippen molar-refractivity contribution in [3.8, 4) is 11.4 Å². The number of benzene rings is 1. The number of carbonyl (C=O) groups excluding carboxylic acids is 1. The van der Waals surface area contributed by atoms with E-state index >= 15 is 0 Å². The van der Waals surface area contributed by atoms with E-state index in [2.05, 4.69) is 46.3 Å². The summed E-state index contributed by atoms with van der Waals surface area (Å²) in [7, 11) is 1.62. The first kappa shape index (κ1) is 22.3. The van der Waals surface area contributed by atoms with E-state index in [1.54, 1.807) is 13.3 Å². The third-order valence-corrected chi connectivity index (χ3v) is 8.21. The molecule has 0 bridgehead atoms. The molecule has 1 amide bonds. The normalized spacial score (nSPS) is 21.1. The van der Waals surface area contributed by atoms with Gasteiger partial charge in [0.2, 0.25) is 5.91 Å². The second kappa shape index (κ2) is 8.79. The molecule has 7 nitrogen and oxygen atoms in total. The summed E-state index contributed by atoms with van der Waals surface area (Å²) in [5.41, 5.74) is 6.47. The Morgan fingerprint density at radius 1 is 1.14 bits per heavy atom. The van der Waals surface area contributed by atoms with Crippen molar-refractivity contribution in [1.29, 1.82) is 0 Å². The molecule has 3 aromatic rings. The van der Waals surface area contributed by atoms with Crippen LogP contribution in [0.2, 0.25) is 0 Å². The number of fused-ring (bicyclic) bond motifs is 1. The fourth-order valence-electron chi connectivity index (χ4n) is 6.14. The number of likely N-dealkylation sites (tertiary alicyclic amines) is 2. The number of ether oxygens (including phenoxy) is 1. The molecule has 4 heterocycles. The number of hydrogen-bond donors (Lipinski definition) is 0. The molecule has 1 unspecified atom stereocenters. The Balaban J connectivity index is 1.03. The van der Waals surface area contributed by atoms with Crippen molar-refractivity contribution in [1.82, 2.24) is 24.6 Å². The van der Waals surface area contributed by atoms with Crippen molar-refractivity contribution in [3.63, 3.8) is 0 Å². The minimum Gasteiger partial charge on any atom is -0.495 e. The highest BCUT2D eigenvalue weighted by molar-refractivity contribution is 5.78. The third kappa shape index (κ3) is 4.22. The largest absolute Gasteiger partial charge is 0.495 e. The Hall–Kier alpha value is -3.19. The van der Waals surface area contributed by atoms with Crippen molar-refractivity contribution < 1.29 is 9.53 Å². The lowest BCUT2D eigenvalue weighted by Crippen LogP contribution is -2.61. The van der Waals surface area contributed by atoms with Crippen LogP contribution in [0.1, 0.15) is 47.7 Å². The fourth-order valence-corrected chi connectivity index (χ4v) is 6.14. The van der Waals surface area contributed by atoms with Gasteiger partial charge in [-0.15, -0.1) is 0 Å². The molecule has 2 aliphatic heterocycles. The van der Waals surface area contributed by atoms with Gasteiger partial charge < -0.3 is 9.64 Å². The molecule has 0 N–H and O–H groups in total. The number of nitrogens with zero attached hydrogens (tertiary/aromatic N) is 5. The number of carbonyl (C=O) groups is 1. The zero-order valence-corrected chi connectivity index (χ0v) is 20.6. The highest BCUT2D eigenvalue weighted by atomic mass is 16.5. The first-order chi connectivity index (χ1) is 17.0. The van der Waals surface area contributed by atoms with E-state index < -0.39 is 0 Å². The van der Waals surface area contributed by atoms with Crippen molar-refractivity contribution >= 4 is 5.91 Å². The number of piperidine rings is 1. The summed E-state index contributed by atoms with van der Waals surface area (Å²) in [5.74, 6) is 0.899. The van der Waals surface area contributed by atoms with Gasteiger partial charge in [-0.05, 0) is 79.0 Å². The van der Waals surface area contributed by atoms with Crippen molar-refractivity contribution in [2.45, 2.75) is 45.1 Å². The molecule has 3 aliphatic rings. The van der Waals surface area contributed by atoms with Gasteiger partial charge >= 0.3 is 0 Å². The molecule has 0 radical (unpaired) electrons. The lowest BCUT2D eigenvalue weighted by molar-refractivity contribution is -0.136. The molecule has 1 atom stereocenters. The Bertz CT molecular complexity index is 1220. The SMILES string of the molecule is COc1ccc(CC(=O)N2CCC3(CC2)CN(C2CCc4cc(-n5cc(C)cn5)ccc42)C3)nc1. The first-order valence-electron chi connectivity index (χ1n) is 12.7. The van der Waals surface area contributed by atoms with Gasteiger partial charge in [0.25, 0.3) is 0 Å². The third-order valence-electron chi connectivity index (χ3n) is 8.21. The average molecular weight is 472 g/mol. The topological polar surface area (TPSA) is 63.5 Å². The maximum absolute atomic E-state index is 12.8. The number of rotatable bonds is 5. The number of aryl methyl sites for hydroxylation is 2. The zero-order valence-electron chi connectivity index (χ0n) is 20.6. The standard InChI is InChI=1S/C28H33N5O2/c1-20-15-30-33(17-20)23-5-7-25-21(13-23)3-8-26(25)32-18-28(19-32)9-11-31(12-10-28)27(34)14-22-4-6-24(35-2)16-29-22/h4-7,13,15-17,26H,3,8-12,14,18-19H2,1-2H3. The number of pyridine rings is 1. The van der Waals surface area contributed by atoms with E-state index in [0.29, 0.717) is 23.6 Å². The second-order valence-corrected chi connectivity index (χ2v) is 10.6. The fraction of sp³-hybridized carbons (Fsp3) is 0.464. The average Bonchev–Trinajstić information content (AvgIpc) is 3.49. The van der Waals surface area contributed by atoms with Gasteiger partial charge in [0.1, 0.15) is 5.75 Å². The quantitative estimate of drug-likeness (QED) is 0.567. The Morgan fingerprint density at radius 3 is 2.66 bits per heavy atom. The van der Waals surface area contributed by atoms with Crippen LogP contribution in [0.5, 0.6) is 5.75 Å². The summed E-state index contributed by atoms with van der Waals surface area (Å²) in [4.78, 5) is 21.9. The molecular weight excluding hydrogens is 438 g/mol. The van der Waals surface area contributed by atoms with Gasteiger partial charge in [-0.2, -0.15) is 5.10 Å². The predicted molar refractivity (Wildman–Crippen MR) is 134 cm³/mol. The van der Waals surface area contributed by atoms with Crippen LogP contribution in [-0.2, 0) is 17.6 Å². The molecule has 1 aliphatic carbocycles. The Kier molecular flexibility index (Phi) is 5.60. The smallest absolute Gasteiger partial charge is 0.228 e. The molecule has 1 spiro atoms.